The molecular formula is C14H10N4OS. The number of fused-ring (bicyclic) bond motifs is 1. The number of pyridine rings is 1. The van der Waals surface area contributed by atoms with E-state index in [1.54, 1.807) is 24.4 Å². The van der Waals surface area contributed by atoms with E-state index in [1.165, 1.54) is 11.3 Å². The van der Waals surface area contributed by atoms with Crippen molar-refractivity contribution in [3.05, 3.63) is 47.7 Å². The van der Waals surface area contributed by atoms with Gasteiger partial charge in [0, 0.05) is 6.20 Å². The third-order valence-electron chi connectivity index (χ3n) is 2.76. The van der Waals surface area contributed by atoms with E-state index in [0.29, 0.717) is 16.5 Å². The van der Waals surface area contributed by atoms with Crippen molar-refractivity contribution < 1.29 is 5.11 Å². The summed E-state index contributed by atoms with van der Waals surface area (Å²) in [6.07, 6.45) is 1.63. The molecule has 3 aromatic rings. The molecule has 2 N–H and O–H groups in total. The number of nitriles is 1. The van der Waals surface area contributed by atoms with Gasteiger partial charge in [0.15, 0.2) is 5.13 Å². The summed E-state index contributed by atoms with van der Waals surface area (Å²) in [5.41, 5.74) is 2.25. The summed E-state index contributed by atoms with van der Waals surface area (Å²) < 4.78 is 0.949. The van der Waals surface area contributed by atoms with Gasteiger partial charge < -0.3 is 10.4 Å². The summed E-state index contributed by atoms with van der Waals surface area (Å²) >= 11 is 1.46. The minimum absolute atomic E-state index is 0.0252. The van der Waals surface area contributed by atoms with Crippen molar-refractivity contribution in [2.75, 3.05) is 5.32 Å². The maximum Gasteiger partial charge on any atom is 0.189 e. The summed E-state index contributed by atoms with van der Waals surface area (Å²) in [4.78, 5) is 8.61. The van der Waals surface area contributed by atoms with Crippen LogP contribution < -0.4 is 5.32 Å². The summed E-state index contributed by atoms with van der Waals surface area (Å²) in [5, 5.41) is 21.8. The molecule has 0 radical (unpaired) electrons. The fraction of sp³-hybridized carbons (Fsp3) is 0.0714. The van der Waals surface area contributed by atoms with Crippen molar-refractivity contribution in [1.29, 1.82) is 5.26 Å². The van der Waals surface area contributed by atoms with Gasteiger partial charge in [0.05, 0.1) is 28.5 Å². The molecule has 20 heavy (non-hydrogen) atoms. The Morgan fingerprint density at radius 2 is 2.20 bits per heavy atom. The molecule has 0 amide bonds. The maximum atomic E-state index is 9.10. The van der Waals surface area contributed by atoms with Crippen LogP contribution in [0.5, 0.6) is 0 Å². The zero-order valence-electron chi connectivity index (χ0n) is 10.4. The molecule has 0 atom stereocenters. The van der Waals surface area contributed by atoms with E-state index >= 15 is 0 Å². The molecule has 2 aromatic heterocycles. The molecule has 0 fully saturated rings. The van der Waals surface area contributed by atoms with E-state index in [9.17, 15) is 0 Å². The molecule has 0 aliphatic heterocycles. The molecule has 0 aliphatic rings. The first kappa shape index (κ1) is 12.5. The summed E-state index contributed by atoms with van der Waals surface area (Å²) in [6, 6.07) is 11.0. The lowest BCUT2D eigenvalue weighted by Gasteiger charge is -2.02. The Morgan fingerprint density at radius 3 is 3.00 bits per heavy atom. The number of thiazole rings is 1. The van der Waals surface area contributed by atoms with Crippen LogP contribution in [-0.2, 0) is 6.61 Å². The van der Waals surface area contributed by atoms with Gasteiger partial charge in [-0.25, -0.2) is 9.97 Å². The van der Waals surface area contributed by atoms with E-state index < -0.39 is 0 Å². The SMILES string of the molecule is N#Cc1ccc2nc(Nc3cc(CO)ccn3)sc2c1. The maximum absolute atomic E-state index is 9.10. The Kier molecular flexibility index (Phi) is 3.29. The molecule has 98 valence electrons. The van der Waals surface area contributed by atoms with Crippen molar-refractivity contribution >= 4 is 32.5 Å². The molecule has 0 spiro atoms. The Bertz CT molecular complexity index is 806. The molecule has 0 bridgehead atoms. The predicted octanol–water partition coefficient (Wildman–Crippen LogP) is 2.80. The average Bonchev–Trinajstić information content (AvgIpc) is 2.88. The van der Waals surface area contributed by atoms with Crippen LogP contribution >= 0.6 is 11.3 Å². The molecule has 6 heteroatoms. The number of benzene rings is 1. The van der Waals surface area contributed by atoms with Crippen LogP contribution in [0.15, 0.2) is 36.5 Å². The third-order valence-corrected chi connectivity index (χ3v) is 3.69. The molecule has 0 aliphatic carbocycles. The monoisotopic (exact) mass is 282 g/mol. The number of aromatic nitrogens is 2. The fourth-order valence-corrected chi connectivity index (χ4v) is 2.71. The highest BCUT2D eigenvalue weighted by molar-refractivity contribution is 7.22. The highest BCUT2D eigenvalue weighted by Crippen LogP contribution is 2.28. The Balaban J connectivity index is 1.92. The van der Waals surface area contributed by atoms with Crippen LogP contribution in [0.2, 0.25) is 0 Å². The molecular weight excluding hydrogens is 272 g/mol. The standard InChI is InChI=1S/C14H10N4OS/c15-7-9-1-2-11-12(5-9)20-14(17-11)18-13-6-10(8-19)3-4-16-13/h1-6,19H,8H2,(H,16,17,18). The molecule has 3 rings (SSSR count). The minimum atomic E-state index is -0.0252. The number of nitrogens with zero attached hydrogens (tertiary/aromatic N) is 3. The van der Waals surface area contributed by atoms with Gasteiger partial charge in [-0.05, 0) is 35.9 Å². The third kappa shape index (κ3) is 2.45. The number of hydrogen-bond donors (Lipinski definition) is 2. The number of rotatable bonds is 3. The highest BCUT2D eigenvalue weighted by atomic mass is 32.1. The lowest BCUT2D eigenvalue weighted by Crippen LogP contribution is -1.94. The highest BCUT2D eigenvalue weighted by Gasteiger charge is 2.06. The second kappa shape index (κ2) is 5.25. The van der Waals surface area contributed by atoms with Gasteiger partial charge in [0.25, 0.3) is 0 Å². The van der Waals surface area contributed by atoms with E-state index in [-0.39, 0.29) is 6.61 Å². The van der Waals surface area contributed by atoms with Crippen LogP contribution in [-0.4, -0.2) is 15.1 Å². The normalized spacial score (nSPS) is 10.4. The largest absolute Gasteiger partial charge is 0.392 e. The van der Waals surface area contributed by atoms with Crippen molar-refractivity contribution in [2.24, 2.45) is 0 Å². The van der Waals surface area contributed by atoms with E-state index in [0.717, 1.165) is 15.8 Å². The van der Waals surface area contributed by atoms with Crippen LogP contribution in [0, 0.1) is 11.3 Å². The van der Waals surface area contributed by atoms with E-state index in [4.69, 9.17) is 10.4 Å². The van der Waals surface area contributed by atoms with Crippen LogP contribution in [0.4, 0.5) is 10.9 Å². The first-order valence-electron chi connectivity index (χ1n) is 5.92. The Hall–Kier alpha value is -2.49. The zero-order valence-corrected chi connectivity index (χ0v) is 11.2. The smallest absolute Gasteiger partial charge is 0.189 e. The molecule has 5 nitrogen and oxygen atoms in total. The Morgan fingerprint density at radius 1 is 1.30 bits per heavy atom. The molecule has 0 unspecified atom stereocenters. The second-order valence-corrected chi connectivity index (χ2v) is 5.18. The molecule has 2 heterocycles. The summed E-state index contributed by atoms with van der Waals surface area (Å²) in [5.74, 6) is 0.635. The Labute approximate surface area is 119 Å². The van der Waals surface area contributed by atoms with Gasteiger partial charge in [0.1, 0.15) is 5.82 Å². The summed E-state index contributed by atoms with van der Waals surface area (Å²) in [7, 11) is 0. The van der Waals surface area contributed by atoms with E-state index in [2.05, 4.69) is 21.4 Å². The lowest BCUT2D eigenvalue weighted by atomic mass is 10.2. The van der Waals surface area contributed by atoms with Gasteiger partial charge in [-0.2, -0.15) is 5.26 Å². The van der Waals surface area contributed by atoms with Gasteiger partial charge in [-0.15, -0.1) is 0 Å². The zero-order chi connectivity index (χ0) is 13.9. The topological polar surface area (TPSA) is 81.8 Å². The van der Waals surface area contributed by atoms with Gasteiger partial charge in [-0.1, -0.05) is 11.3 Å². The number of anilines is 2. The van der Waals surface area contributed by atoms with Gasteiger partial charge in [0.2, 0.25) is 0 Å². The van der Waals surface area contributed by atoms with Crippen molar-refractivity contribution in [3.63, 3.8) is 0 Å². The van der Waals surface area contributed by atoms with E-state index in [1.807, 2.05) is 12.1 Å². The van der Waals surface area contributed by atoms with Crippen molar-refractivity contribution in [2.45, 2.75) is 6.61 Å². The van der Waals surface area contributed by atoms with Crippen LogP contribution in [0.3, 0.4) is 0 Å². The van der Waals surface area contributed by atoms with Crippen LogP contribution in [0.1, 0.15) is 11.1 Å². The van der Waals surface area contributed by atoms with Crippen molar-refractivity contribution in [1.82, 2.24) is 9.97 Å². The molecule has 0 saturated carbocycles. The fourth-order valence-electron chi connectivity index (χ4n) is 1.80. The number of aliphatic hydroxyl groups excluding tert-OH is 1. The molecule has 0 saturated heterocycles. The summed E-state index contributed by atoms with van der Waals surface area (Å²) in [6.45, 7) is -0.0252. The van der Waals surface area contributed by atoms with Crippen LogP contribution in [0.25, 0.3) is 10.2 Å². The predicted molar refractivity (Wildman–Crippen MR) is 77.8 cm³/mol. The van der Waals surface area contributed by atoms with Gasteiger partial charge >= 0.3 is 0 Å². The molecule has 1 aromatic carbocycles. The van der Waals surface area contributed by atoms with Crippen molar-refractivity contribution in [3.8, 4) is 6.07 Å². The average molecular weight is 282 g/mol. The number of nitrogens with one attached hydrogen (secondary N) is 1. The van der Waals surface area contributed by atoms with Gasteiger partial charge in [-0.3, -0.25) is 0 Å². The number of hydrogen-bond acceptors (Lipinski definition) is 6. The minimum Gasteiger partial charge on any atom is -0.392 e. The first-order valence-corrected chi connectivity index (χ1v) is 6.73. The number of aliphatic hydroxyl groups is 1. The second-order valence-electron chi connectivity index (χ2n) is 4.15. The lowest BCUT2D eigenvalue weighted by molar-refractivity contribution is 0.282. The first-order chi connectivity index (χ1) is 9.78. The quantitative estimate of drug-likeness (QED) is 0.772.